The molecular formula is C13H15Cl2F3OS2. The summed E-state index contributed by atoms with van der Waals surface area (Å²) in [5.41, 5.74) is -4.13. The van der Waals surface area contributed by atoms with Gasteiger partial charge in [0.15, 0.2) is 0 Å². The molecule has 120 valence electrons. The van der Waals surface area contributed by atoms with Crippen molar-refractivity contribution in [3.05, 3.63) is 22.2 Å². The summed E-state index contributed by atoms with van der Waals surface area (Å²) in [4.78, 5) is 0.584. The Bertz CT molecular complexity index is 456. The molecule has 0 saturated heterocycles. The lowest BCUT2D eigenvalue weighted by Crippen LogP contribution is -2.01. The van der Waals surface area contributed by atoms with Crippen molar-refractivity contribution in [2.24, 2.45) is 0 Å². The number of ether oxygens (including phenoxy) is 1. The van der Waals surface area contributed by atoms with E-state index in [2.05, 4.69) is 12.6 Å². The van der Waals surface area contributed by atoms with Crippen molar-refractivity contribution in [1.82, 2.24) is 0 Å². The Morgan fingerprint density at radius 1 is 1.05 bits per heavy atom. The fraction of sp³-hybridized carbons (Fsp3) is 0.538. The van der Waals surface area contributed by atoms with E-state index in [1.54, 1.807) is 12.1 Å². The van der Waals surface area contributed by atoms with E-state index in [9.17, 15) is 13.2 Å². The number of unbranched alkanes of at least 4 members (excludes halogenated alkanes) is 3. The lowest BCUT2D eigenvalue weighted by molar-refractivity contribution is -0.0328. The average Bonchev–Trinajstić information content (AvgIpc) is 2.37. The Morgan fingerprint density at radius 3 is 2.38 bits per heavy atom. The Labute approximate surface area is 141 Å². The molecule has 0 amide bonds. The highest BCUT2D eigenvalue weighted by Crippen LogP contribution is 2.33. The summed E-state index contributed by atoms with van der Waals surface area (Å²) in [6.07, 6.45) is 2.88. The first-order chi connectivity index (χ1) is 9.79. The number of thioether (sulfide) groups is 1. The number of hydrogen-bond donors (Lipinski definition) is 1. The number of alkyl halides is 3. The summed E-state index contributed by atoms with van der Waals surface area (Å²) in [5, 5.41) is 0.872. The van der Waals surface area contributed by atoms with Gasteiger partial charge in [-0.1, -0.05) is 47.8 Å². The Morgan fingerprint density at radius 2 is 1.71 bits per heavy atom. The highest BCUT2D eigenvalue weighted by atomic mass is 35.5. The van der Waals surface area contributed by atoms with Crippen molar-refractivity contribution >= 4 is 47.6 Å². The van der Waals surface area contributed by atoms with Crippen molar-refractivity contribution < 1.29 is 17.9 Å². The van der Waals surface area contributed by atoms with Gasteiger partial charge < -0.3 is 4.74 Å². The lowest BCUT2D eigenvalue weighted by Gasteiger charge is -2.09. The molecule has 1 rings (SSSR count). The van der Waals surface area contributed by atoms with Crippen LogP contribution in [0.15, 0.2) is 17.0 Å². The van der Waals surface area contributed by atoms with E-state index in [-0.39, 0.29) is 17.5 Å². The lowest BCUT2D eigenvalue weighted by atomic mass is 10.2. The Hall–Kier alpha value is 0.0900. The van der Waals surface area contributed by atoms with Crippen LogP contribution in [0.1, 0.15) is 25.7 Å². The monoisotopic (exact) mass is 378 g/mol. The molecule has 0 fully saturated rings. The van der Waals surface area contributed by atoms with Gasteiger partial charge in [-0.25, -0.2) is 0 Å². The Balaban J connectivity index is 2.14. The van der Waals surface area contributed by atoms with E-state index in [4.69, 9.17) is 27.9 Å². The van der Waals surface area contributed by atoms with Crippen LogP contribution in [0.25, 0.3) is 0 Å². The summed E-state index contributed by atoms with van der Waals surface area (Å²) in [7, 11) is 0. The molecule has 0 bridgehead atoms. The van der Waals surface area contributed by atoms with Gasteiger partial charge in [0.1, 0.15) is 5.75 Å². The third-order valence-electron chi connectivity index (χ3n) is 2.56. The van der Waals surface area contributed by atoms with Crippen LogP contribution in [-0.2, 0) is 0 Å². The van der Waals surface area contributed by atoms with Crippen LogP contribution in [-0.4, -0.2) is 17.9 Å². The van der Waals surface area contributed by atoms with Gasteiger partial charge in [0.2, 0.25) is 0 Å². The molecule has 0 aromatic heterocycles. The van der Waals surface area contributed by atoms with Crippen LogP contribution in [0.5, 0.6) is 5.75 Å². The highest BCUT2D eigenvalue weighted by molar-refractivity contribution is 8.00. The summed E-state index contributed by atoms with van der Waals surface area (Å²) in [5.74, 6) is 0.620. The molecule has 0 radical (unpaired) electrons. The number of benzene rings is 1. The number of hydrogen-bond acceptors (Lipinski definition) is 3. The van der Waals surface area contributed by atoms with Crippen LogP contribution in [0, 0.1) is 0 Å². The smallest absolute Gasteiger partial charge is 0.441 e. The molecule has 0 atom stereocenters. The first-order valence-corrected chi connectivity index (χ1v) is 8.50. The summed E-state index contributed by atoms with van der Waals surface area (Å²) < 4.78 is 41.2. The zero-order chi connectivity index (χ0) is 15.9. The normalized spacial score (nSPS) is 11.7. The molecule has 8 heteroatoms. The number of rotatable bonds is 8. The van der Waals surface area contributed by atoms with E-state index in [0.29, 0.717) is 33.7 Å². The molecule has 0 aliphatic rings. The van der Waals surface area contributed by atoms with Crippen LogP contribution in [0.2, 0.25) is 10.0 Å². The van der Waals surface area contributed by atoms with E-state index in [0.717, 1.165) is 19.3 Å². The molecule has 1 nitrogen and oxygen atoms in total. The van der Waals surface area contributed by atoms with Gasteiger partial charge in [-0.2, -0.15) is 13.2 Å². The van der Waals surface area contributed by atoms with E-state index >= 15 is 0 Å². The van der Waals surface area contributed by atoms with Crippen molar-refractivity contribution in [1.29, 1.82) is 0 Å². The van der Waals surface area contributed by atoms with Crippen molar-refractivity contribution in [2.75, 3.05) is 12.4 Å². The van der Waals surface area contributed by atoms with E-state index in [1.165, 1.54) is 0 Å². The maximum Gasteiger partial charge on any atom is 0.441 e. The van der Waals surface area contributed by atoms with Crippen molar-refractivity contribution in [3.8, 4) is 5.75 Å². The van der Waals surface area contributed by atoms with Gasteiger partial charge in [0.25, 0.3) is 0 Å². The molecule has 0 aliphatic carbocycles. The van der Waals surface area contributed by atoms with E-state index in [1.807, 2.05) is 0 Å². The van der Waals surface area contributed by atoms with Gasteiger partial charge in [-0.05, 0) is 25.0 Å². The molecule has 0 N–H and O–H groups in total. The molecule has 0 saturated carbocycles. The van der Waals surface area contributed by atoms with Crippen LogP contribution in [0.3, 0.4) is 0 Å². The second-order valence-electron chi connectivity index (χ2n) is 4.29. The quantitative estimate of drug-likeness (QED) is 0.409. The third kappa shape index (κ3) is 8.33. The van der Waals surface area contributed by atoms with Crippen LogP contribution in [0.4, 0.5) is 13.2 Å². The van der Waals surface area contributed by atoms with Crippen molar-refractivity contribution in [3.63, 3.8) is 0 Å². The second-order valence-corrected chi connectivity index (χ2v) is 6.75. The summed E-state index contributed by atoms with van der Waals surface area (Å²) in [6, 6.07) is 3.21. The van der Waals surface area contributed by atoms with Gasteiger partial charge in [0.05, 0.1) is 16.7 Å². The SMILES string of the molecule is FC(F)(F)SCCCCCCOc1cc(S)c(Cl)cc1Cl. The largest absolute Gasteiger partial charge is 0.492 e. The first kappa shape index (κ1) is 19.1. The number of thiol groups is 1. The van der Waals surface area contributed by atoms with Gasteiger partial charge in [0, 0.05) is 10.6 Å². The number of halogens is 5. The van der Waals surface area contributed by atoms with Gasteiger partial charge >= 0.3 is 5.51 Å². The molecule has 0 aliphatic heterocycles. The van der Waals surface area contributed by atoms with Crippen molar-refractivity contribution in [2.45, 2.75) is 36.1 Å². The molecule has 0 unspecified atom stereocenters. The maximum atomic E-state index is 11.9. The average molecular weight is 379 g/mol. The molecule has 21 heavy (non-hydrogen) atoms. The molecule has 1 aromatic rings. The van der Waals surface area contributed by atoms with Crippen LogP contribution >= 0.6 is 47.6 Å². The highest BCUT2D eigenvalue weighted by Gasteiger charge is 2.27. The molecule has 0 spiro atoms. The van der Waals surface area contributed by atoms with E-state index < -0.39 is 5.51 Å². The predicted molar refractivity (Wildman–Crippen MR) is 86.2 cm³/mol. The first-order valence-electron chi connectivity index (χ1n) is 6.31. The van der Waals surface area contributed by atoms with Gasteiger partial charge in [-0.15, -0.1) is 12.6 Å². The Kier molecular flexibility index (Phi) is 8.46. The minimum atomic E-state index is -4.13. The van der Waals surface area contributed by atoms with Gasteiger partial charge in [-0.3, -0.25) is 0 Å². The summed E-state index contributed by atoms with van der Waals surface area (Å²) in [6.45, 7) is 0.459. The second kappa shape index (κ2) is 9.28. The maximum absolute atomic E-state index is 11.9. The minimum absolute atomic E-state index is 0.0294. The molecule has 1 aromatic carbocycles. The topological polar surface area (TPSA) is 9.23 Å². The fourth-order valence-electron chi connectivity index (χ4n) is 1.56. The zero-order valence-electron chi connectivity index (χ0n) is 11.1. The standard InChI is InChI=1S/C13H15Cl2F3OS2/c14-9-7-10(15)12(20)8-11(9)19-5-3-1-2-4-6-21-13(16,17)18/h7-8,20H,1-6H2. The van der Waals surface area contributed by atoms with Crippen LogP contribution < -0.4 is 4.74 Å². The zero-order valence-corrected chi connectivity index (χ0v) is 14.3. The third-order valence-corrected chi connectivity index (χ3v) is 4.49. The predicted octanol–water partition coefficient (Wildman–Crippen LogP) is 6.47. The minimum Gasteiger partial charge on any atom is -0.492 e. The fourth-order valence-corrected chi connectivity index (χ4v) is 2.76. The molecule has 0 heterocycles. The summed E-state index contributed by atoms with van der Waals surface area (Å²) >= 11 is 16.0. The molecular weight excluding hydrogens is 364 g/mol.